The zero-order valence-electron chi connectivity index (χ0n) is 22.8. The third-order valence-corrected chi connectivity index (χ3v) is 15.0. The Morgan fingerprint density at radius 2 is 0.676 bits per heavy atom. The fourth-order valence-electron chi connectivity index (χ4n) is 4.01. The second kappa shape index (κ2) is 14.9. The van der Waals surface area contributed by atoms with E-state index in [1.54, 1.807) is 0 Å². The van der Waals surface area contributed by atoms with Crippen LogP contribution in [-0.2, 0) is 0 Å². The zero-order chi connectivity index (χ0) is 26.6. The van der Waals surface area contributed by atoms with Crippen molar-refractivity contribution < 1.29 is 28.4 Å². The zero-order valence-corrected chi connectivity index (χ0v) is 26.3. The van der Waals surface area contributed by atoms with E-state index in [0.717, 1.165) is 44.3 Å². The number of hydrogen-bond donors (Lipinski definition) is 0. The van der Waals surface area contributed by atoms with Crippen LogP contribution in [-0.4, -0.2) is 61.4 Å². The van der Waals surface area contributed by atoms with Gasteiger partial charge >= 0.3 is 230 Å². The van der Waals surface area contributed by atoms with E-state index >= 15 is 0 Å². The quantitative estimate of drug-likeness (QED) is 0.216. The van der Waals surface area contributed by atoms with Crippen molar-refractivity contribution in [2.45, 2.75) is 41.5 Å². The molecule has 0 saturated heterocycles. The van der Waals surface area contributed by atoms with Gasteiger partial charge in [-0.15, -0.1) is 0 Å². The van der Waals surface area contributed by atoms with Crippen LogP contribution in [0.15, 0.2) is 54.6 Å². The Hall–Kier alpha value is -2.66. The number of benzene rings is 3. The van der Waals surface area contributed by atoms with Gasteiger partial charge in [0.05, 0.1) is 0 Å². The van der Waals surface area contributed by atoms with Crippen molar-refractivity contribution in [1.29, 1.82) is 0 Å². The van der Waals surface area contributed by atoms with Crippen LogP contribution in [0.5, 0.6) is 34.5 Å². The standard InChI is InChI=1S/3C10H13O2.Bi/c3*1-3-11-9-5-7-10(8-6-9)12-4-2;/h3*5-7H,3-4H2,1-2H3;. The van der Waals surface area contributed by atoms with Gasteiger partial charge in [0.1, 0.15) is 0 Å². The summed E-state index contributed by atoms with van der Waals surface area (Å²) in [6.45, 7) is 15.4. The van der Waals surface area contributed by atoms with Crippen molar-refractivity contribution in [3.05, 3.63) is 54.6 Å². The van der Waals surface area contributed by atoms with Crippen LogP contribution >= 0.6 is 0 Å². The van der Waals surface area contributed by atoms with E-state index in [4.69, 9.17) is 28.4 Å². The van der Waals surface area contributed by atoms with E-state index in [1.807, 2.05) is 77.9 Å². The molecule has 0 atom stereocenters. The first-order valence-corrected chi connectivity index (χ1v) is 18.3. The van der Waals surface area contributed by atoms with E-state index in [2.05, 4.69) is 18.2 Å². The van der Waals surface area contributed by atoms with Crippen molar-refractivity contribution in [3.8, 4) is 34.5 Å². The molecule has 0 radical (unpaired) electrons. The molecule has 0 heterocycles. The van der Waals surface area contributed by atoms with Gasteiger partial charge in [0.15, 0.2) is 0 Å². The molecule has 0 aliphatic carbocycles. The number of rotatable bonds is 15. The van der Waals surface area contributed by atoms with E-state index in [9.17, 15) is 0 Å². The number of ether oxygens (including phenoxy) is 6. The number of hydrogen-bond acceptors (Lipinski definition) is 6. The van der Waals surface area contributed by atoms with Crippen molar-refractivity contribution in [1.82, 2.24) is 0 Å². The van der Waals surface area contributed by atoms with E-state index < -0.39 is 21.8 Å². The van der Waals surface area contributed by atoms with Crippen LogP contribution in [0.1, 0.15) is 41.5 Å². The van der Waals surface area contributed by atoms with Crippen LogP contribution in [0, 0.1) is 0 Å². The van der Waals surface area contributed by atoms with Crippen LogP contribution in [0.4, 0.5) is 0 Å². The summed E-state index contributed by atoms with van der Waals surface area (Å²) in [5.74, 6) is 5.03. The normalized spacial score (nSPS) is 10.8. The Morgan fingerprint density at radius 3 is 0.919 bits per heavy atom. The molecule has 0 aliphatic rings. The van der Waals surface area contributed by atoms with Gasteiger partial charge < -0.3 is 0 Å². The van der Waals surface area contributed by atoms with E-state index in [1.165, 1.54) is 0 Å². The van der Waals surface area contributed by atoms with Gasteiger partial charge in [0.2, 0.25) is 0 Å². The van der Waals surface area contributed by atoms with Crippen molar-refractivity contribution in [3.63, 3.8) is 0 Å². The predicted octanol–water partition coefficient (Wildman–Crippen LogP) is 4.60. The van der Waals surface area contributed by atoms with Gasteiger partial charge in [0.25, 0.3) is 0 Å². The van der Waals surface area contributed by atoms with Crippen LogP contribution in [0.2, 0.25) is 0 Å². The second-order valence-corrected chi connectivity index (χ2v) is 16.0. The molecule has 0 N–H and O–H groups in total. The molecule has 0 aliphatic heterocycles. The van der Waals surface area contributed by atoms with Gasteiger partial charge in [-0.2, -0.15) is 0 Å². The predicted molar refractivity (Wildman–Crippen MR) is 151 cm³/mol. The monoisotopic (exact) mass is 704 g/mol. The Balaban J connectivity index is 2.40. The molecule has 0 aromatic heterocycles. The SMILES string of the molecule is CCOc1ccc(OCC)[c]([Bi]([c]2cc(OCC)ccc2OCC)[c]2cc(OCC)ccc2OCC)c1. The molecule has 0 fully saturated rings. The summed E-state index contributed by atoms with van der Waals surface area (Å²) in [4.78, 5) is 0. The molecule has 0 spiro atoms. The molecule has 0 saturated carbocycles. The summed E-state index contributed by atoms with van der Waals surface area (Å²) in [5, 5.41) is 0. The summed E-state index contributed by atoms with van der Waals surface area (Å²) in [6.07, 6.45) is 0. The fraction of sp³-hybridized carbons (Fsp3) is 0.400. The average molecular weight is 705 g/mol. The molecule has 0 amide bonds. The Kier molecular flexibility index (Phi) is 11.7. The van der Waals surface area contributed by atoms with Gasteiger partial charge in [-0.1, -0.05) is 0 Å². The van der Waals surface area contributed by atoms with Crippen LogP contribution in [0.3, 0.4) is 0 Å². The maximum atomic E-state index is 6.20. The first-order valence-electron chi connectivity index (χ1n) is 13.1. The van der Waals surface area contributed by atoms with E-state index in [-0.39, 0.29) is 0 Å². The fourth-order valence-corrected chi connectivity index (χ4v) is 14.2. The summed E-state index contributed by atoms with van der Waals surface area (Å²) in [7, 11) is 0. The first kappa shape index (κ1) is 28.9. The van der Waals surface area contributed by atoms with Crippen molar-refractivity contribution in [2.75, 3.05) is 39.6 Å². The van der Waals surface area contributed by atoms with Gasteiger partial charge in [0, 0.05) is 0 Å². The van der Waals surface area contributed by atoms with Crippen LogP contribution in [0.25, 0.3) is 0 Å². The molecule has 200 valence electrons. The van der Waals surface area contributed by atoms with Crippen molar-refractivity contribution in [2.24, 2.45) is 0 Å². The maximum absolute atomic E-state index is 6.20. The Bertz CT molecular complexity index is 992. The molecule has 3 aromatic rings. The summed E-state index contributed by atoms with van der Waals surface area (Å²) in [5.41, 5.74) is 0. The molecule has 7 heteroatoms. The third kappa shape index (κ3) is 7.44. The summed E-state index contributed by atoms with van der Waals surface area (Å²) >= 11 is -3.22. The molecular weight excluding hydrogens is 665 g/mol. The average Bonchev–Trinajstić information content (AvgIpc) is 2.89. The molecule has 37 heavy (non-hydrogen) atoms. The second-order valence-electron chi connectivity index (χ2n) is 7.82. The van der Waals surface area contributed by atoms with Gasteiger partial charge in [-0.25, -0.2) is 0 Å². The first-order chi connectivity index (χ1) is 18.1. The molecule has 0 bridgehead atoms. The molecule has 0 unspecified atom stereocenters. The minimum atomic E-state index is -3.22. The molecule has 6 nitrogen and oxygen atoms in total. The minimum absolute atomic E-state index is 0.563. The Labute approximate surface area is 229 Å². The molecule has 3 aromatic carbocycles. The van der Waals surface area contributed by atoms with Crippen LogP contribution < -0.4 is 38.2 Å². The van der Waals surface area contributed by atoms with E-state index in [0.29, 0.717) is 39.6 Å². The van der Waals surface area contributed by atoms with Gasteiger partial charge in [-0.3, -0.25) is 0 Å². The van der Waals surface area contributed by atoms with Gasteiger partial charge in [-0.05, 0) is 0 Å². The molecular formula is C30H39BiO6. The summed E-state index contributed by atoms with van der Waals surface area (Å²) < 4.78 is 39.9. The Morgan fingerprint density at radius 1 is 0.405 bits per heavy atom. The topological polar surface area (TPSA) is 55.4 Å². The van der Waals surface area contributed by atoms with Crippen molar-refractivity contribution >= 4 is 31.6 Å². The molecule has 3 rings (SSSR count). The summed E-state index contributed by atoms with van der Waals surface area (Å²) in [6, 6.07) is 18.4. The third-order valence-electron chi connectivity index (χ3n) is 5.35.